The Morgan fingerprint density at radius 3 is 2.56 bits per heavy atom. The van der Waals surface area contributed by atoms with E-state index < -0.39 is 6.43 Å². The second-order valence-corrected chi connectivity index (χ2v) is 4.36. The van der Waals surface area contributed by atoms with Gasteiger partial charge in [-0.2, -0.15) is 0 Å². The van der Waals surface area contributed by atoms with Gasteiger partial charge < -0.3 is 0 Å². The van der Waals surface area contributed by atoms with Crippen LogP contribution >= 0.6 is 11.6 Å². The first-order valence-corrected chi connectivity index (χ1v) is 6.05. The molecular weight excluding hydrogens is 236 g/mol. The molecule has 2 rings (SSSR count). The average Bonchev–Trinajstić information content (AvgIpc) is 2.73. The van der Waals surface area contributed by atoms with Crippen molar-refractivity contribution in [1.29, 1.82) is 0 Å². The molecular formula is C10H14ClF2N3. The molecule has 16 heavy (non-hydrogen) atoms. The molecule has 1 aliphatic rings. The molecule has 1 aromatic rings. The van der Waals surface area contributed by atoms with Crippen molar-refractivity contribution >= 4 is 11.6 Å². The van der Waals surface area contributed by atoms with Crippen molar-refractivity contribution in [2.75, 3.05) is 0 Å². The molecule has 90 valence electrons. The molecule has 1 aromatic heterocycles. The molecule has 0 radical (unpaired) electrons. The van der Waals surface area contributed by atoms with Gasteiger partial charge in [-0.3, -0.25) is 0 Å². The first-order chi connectivity index (χ1) is 7.74. The Bertz CT molecular complexity index is 348. The number of aromatic nitrogens is 3. The Morgan fingerprint density at radius 1 is 1.31 bits per heavy atom. The summed E-state index contributed by atoms with van der Waals surface area (Å²) in [4.78, 5) is 0. The average molecular weight is 250 g/mol. The van der Waals surface area contributed by atoms with Crippen LogP contribution in [0, 0.1) is 0 Å². The third-order valence-corrected chi connectivity index (χ3v) is 3.31. The Hall–Kier alpha value is -0.710. The smallest absolute Gasteiger partial charge is 0.240 e. The topological polar surface area (TPSA) is 30.7 Å². The van der Waals surface area contributed by atoms with Gasteiger partial charge in [-0.25, -0.2) is 13.5 Å². The van der Waals surface area contributed by atoms with Gasteiger partial charge in [-0.1, -0.05) is 24.5 Å². The lowest BCUT2D eigenvalue weighted by atomic mass is 9.95. The van der Waals surface area contributed by atoms with Crippen LogP contribution in [0.15, 0.2) is 0 Å². The summed E-state index contributed by atoms with van der Waals surface area (Å²) in [7, 11) is 0. The second kappa shape index (κ2) is 5.08. The Kier molecular flexibility index (Phi) is 3.74. The van der Waals surface area contributed by atoms with Crippen molar-refractivity contribution < 1.29 is 8.78 Å². The van der Waals surface area contributed by atoms with Crippen LogP contribution in [-0.4, -0.2) is 15.0 Å². The SMILES string of the molecule is FC(F)c1c(CCl)nnn1C1CCCCC1. The quantitative estimate of drug-likeness (QED) is 0.768. The largest absolute Gasteiger partial charge is 0.281 e. The fraction of sp³-hybridized carbons (Fsp3) is 0.800. The van der Waals surface area contributed by atoms with Gasteiger partial charge in [0, 0.05) is 0 Å². The number of rotatable bonds is 3. The molecule has 6 heteroatoms. The van der Waals surface area contributed by atoms with Crippen molar-refractivity contribution in [2.45, 2.75) is 50.5 Å². The highest BCUT2D eigenvalue weighted by molar-refractivity contribution is 6.16. The predicted octanol–water partition coefficient (Wildman–Crippen LogP) is 3.46. The Morgan fingerprint density at radius 2 is 2.00 bits per heavy atom. The minimum atomic E-state index is -2.55. The number of nitrogens with zero attached hydrogens (tertiary/aromatic N) is 3. The first kappa shape index (κ1) is 11.8. The minimum absolute atomic E-state index is 0.00755. The highest BCUT2D eigenvalue weighted by Gasteiger charge is 2.26. The zero-order valence-electron chi connectivity index (χ0n) is 8.87. The van der Waals surface area contributed by atoms with Crippen molar-refractivity contribution in [3.05, 3.63) is 11.4 Å². The summed E-state index contributed by atoms with van der Waals surface area (Å²) in [5.74, 6) is -0.00755. The van der Waals surface area contributed by atoms with Gasteiger partial charge in [0.25, 0.3) is 6.43 Å². The molecule has 1 saturated carbocycles. The maximum absolute atomic E-state index is 12.9. The first-order valence-electron chi connectivity index (χ1n) is 5.52. The van der Waals surface area contributed by atoms with Crippen LogP contribution in [0.4, 0.5) is 8.78 Å². The van der Waals surface area contributed by atoms with E-state index in [1.807, 2.05) is 0 Å². The standard InChI is InChI=1S/C10H14ClF2N3/c11-6-8-9(10(12)13)16(15-14-8)7-4-2-1-3-5-7/h7,10H,1-6H2. The molecule has 1 fully saturated rings. The summed E-state index contributed by atoms with van der Waals surface area (Å²) in [5.41, 5.74) is 0.115. The van der Waals surface area contributed by atoms with E-state index in [1.54, 1.807) is 0 Å². The van der Waals surface area contributed by atoms with E-state index in [0.717, 1.165) is 25.7 Å². The van der Waals surface area contributed by atoms with E-state index in [0.29, 0.717) is 0 Å². The van der Waals surface area contributed by atoms with Crippen LogP contribution in [0.1, 0.15) is 56.0 Å². The van der Waals surface area contributed by atoms with Crippen LogP contribution in [0.25, 0.3) is 0 Å². The van der Waals surface area contributed by atoms with Gasteiger partial charge in [0.05, 0.1) is 11.9 Å². The molecule has 1 heterocycles. The van der Waals surface area contributed by atoms with E-state index in [9.17, 15) is 8.78 Å². The van der Waals surface area contributed by atoms with Crippen molar-refractivity contribution in [3.8, 4) is 0 Å². The van der Waals surface area contributed by atoms with Gasteiger partial charge in [-0.05, 0) is 12.8 Å². The van der Waals surface area contributed by atoms with Crippen LogP contribution in [0.2, 0.25) is 0 Å². The normalized spacial score (nSPS) is 18.2. The lowest BCUT2D eigenvalue weighted by molar-refractivity contribution is 0.131. The molecule has 0 amide bonds. The molecule has 0 saturated heterocycles. The summed E-state index contributed by atoms with van der Waals surface area (Å²) in [6.45, 7) is 0. The molecule has 0 bridgehead atoms. The van der Waals surface area contributed by atoms with Gasteiger partial charge >= 0.3 is 0 Å². The fourth-order valence-electron chi connectivity index (χ4n) is 2.25. The maximum Gasteiger partial charge on any atom is 0.281 e. The monoisotopic (exact) mass is 249 g/mol. The van der Waals surface area contributed by atoms with Crippen LogP contribution in [0.3, 0.4) is 0 Å². The Balaban J connectivity index is 2.28. The van der Waals surface area contributed by atoms with E-state index in [2.05, 4.69) is 10.3 Å². The predicted molar refractivity (Wildman–Crippen MR) is 56.7 cm³/mol. The molecule has 0 spiro atoms. The van der Waals surface area contributed by atoms with E-state index in [-0.39, 0.29) is 23.3 Å². The number of hydrogen-bond donors (Lipinski definition) is 0. The van der Waals surface area contributed by atoms with Crippen LogP contribution < -0.4 is 0 Å². The van der Waals surface area contributed by atoms with Gasteiger partial charge in [0.2, 0.25) is 0 Å². The summed E-state index contributed by atoms with van der Waals surface area (Å²) in [6.07, 6.45) is 2.59. The summed E-state index contributed by atoms with van der Waals surface area (Å²) < 4.78 is 27.2. The fourth-order valence-corrected chi connectivity index (χ4v) is 2.44. The summed E-state index contributed by atoms with van der Waals surface area (Å²) in [5, 5.41) is 7.57. The molecule has 0 atom stereocenters. The van der Waals surface area contributed by atoms with Crippen LogP contribution in [-0.2, 0) is 5.88 Å². The molecule has 0 N–H and O–H groups in total. The summed E-state index contributed by atoms with van der Waals surface area (Å²) in [6, 6.07) is 0.0715. The molecule has 0 aromatic carbocycles. The van der Waals surface area contributed by atoms with Crippen molar-refractivity contribution in [1.82, 2.24) is 15.0 Å². The van der Waals surface area contributed by atoms with Crippen molar-refractivity contribution in [2.24, 2.45) is 0 Å². The highest BCUT2D eigenvalue weighted by atomic mass is 35.5. The molecule has 0 unspecified atom stereocenters. The maximum atomic E-state index is 12.9. The zero-order valence-corrected chi connectivity index (χ0v) is 9.63. The van der Waals surface area contributed by atoms with E-state index in [4.69, 9.17) is 11.6 Å². The lowest BCUT2D eigenvalue weighted by Crippen LogP contribution is -2.17. The van der Waals surface area contributed by atoms with E-state index >= 15 is 0 Å². The molecule has 3 nitrogen and oxygen atoms in total. The van der Waals surface area contributed by atoms with Gasteiger partial charge in [-0.15, -0.1) is 16.7 Å². The number of alkyl halides is 3. The highest BCUT2D eigenvalue weighted by Crippen LogP contribution is 2.32. The molecule has 0 aliphatic heterocycles. The zero-order chi connectivity index (χ0) is 11.5. The second-order valence-electron chi connectivity index (χ2n) is 4.09. The number of halogens is 3. The van der Waals surface area contributed by atoms with E-state index in [1.165, 1.54) is 11.1 Å². The third-order valence-electron chi connectivity index (χ3n) is 3.06. The van der Waals surface area contributed by atoms with Crippen LogP contribution in [0.5, 0.6) is 0 Å². The summed E-state index contributed by atoms with van der Waals surface area (Å²) >= 11 is 5.58. The van der Waals surface area contributed by atoms with Crippen molar-refractivity contribution in [3.63, 3.8) is 0 Å². The van der Waals surface area contributed by atoms with Gasteiger partial charge in [0.15, 0.2) is 0 Å². The Labute approximate surface area is 97.8 Å². The number of hydrogen-bond acceptors (Lipinski definition) is 2. The van der Waals surface area contributed by atoms with Gasteiger partial charge in [0.1, 0.15) is 11.4 Å². The third kappa shape index (κ3) is 2.19. The lowest BCUT2D eigenvalue weighted by Gasteiger charge is -2.23. The minimum Gasteiger partial charge on any atom is -0.240 e. The molecule has 1 aliphatic carbocycles.